The number of hydrogen-bond acceptors (Lipinski definition) is 4. The van der Waals surface area contributed by atoms with Gasteiger partial charge < -0.3 is 10.2 Å². The van der Waals surface area contributed by atoms with E-state index in [1.165, 1.54) is 17.2 Å². The molecule has 0 radical (unpaired) electrons. The second-order valence-electron chi connectivity index (χ2n) is 5.65. The highest BCUT2D eigenvalue weighted by Gasteiger charge is 2.28. The molecule has 1 aromatic heterocycles. The van der Waals surface area contributed by atoms with E-state index in [4.69, 9.17) is 5.26 Å². The minimum atomic E-state index is -0.402. The second kappa shape index (κ2) is 6.54. The van der Waals surface area contributed by atoms with Gasteiger partial charge in [-0.25, -0.2) is 0 Å². The van der Waals surface area contributed by atoms with E-state index in [0.717, 1.165) is 11.2 Å². The van der Waals surface area contributed by atoms with E-state index in [1.807, 2.05) is 0 Å². The number of fused-ring (bicyclic) bond motifs is 1. The summed E-state index contributed by atoms with van der Waals surface area (Å²) >= 11 is 0. The summed E-state index contributed by atoms with van der Waals surface area (Å²) in [5.74, 6) is -0.655. The molecule has 7 nitrogen and oxygen atoms in total. The molecular weight excluding hydrogens is 308 g/mol. The Balaban J connectivity index is 1.73. The van der Waals surface area contributed by atoms with Gasteiger partial charge in [0.1, 0.15) is 6.04 Å². The van der Waals surface area contributed by atoms with Crippen molar-refractivity contribution in [2.75, 3.05) is 13.1 Å². The van der Waals surface area contributed by atoms with Crippen molar-refractivity contribution in [2.45, 2.75) is 18.9 Å². The molecule has 0 spiro atoms. The number of amides is 2. The fraction of sp³-hybridized carbons (Fsp3) is 0.294. The van der Waals surface area contributed by atoms with Crippen LogP contribution in [0.2, 0.25) is 0 Å². The molecule has 0 bridgehead atoms. The Hall–Kier alpha value is -3.14. The minimum absolute atomic E-state index is 0.153. The first kappa shape index (κ1) is 15.7. The molecule has 0 aliphatic carbocycles. The lowest BCUT2D eigenvalue weighted by molar-refractivity contribution is -0.884. The van der Waals surface area contributed by atoms with Crippen LogP contribution >= 0.6 is 0 Å². The van der Waals surface area contributed by atoms with Crippen LogP contribution in [0, 0.1) is 11.3 Å². The van der Waals surface area contributed by atoms with Crippen LogP contribution in [-0.2, 0) is 4.79 Å². The summed E-state index contributed by atoms with van der Waals surface area (Å²) in [6, 6.07) is 10.2. The van der Waals surface area contributed by atoms with E-state index >= 15 is 0 Å². The highest BCUT2D eigenvalue weighted by Crippen LogP contribution is 2.17. The number of aromatic nitrogens is 1. The summed E-state index contributed by atoms with van der Waals surface area (Å²) in [4.78, 5) is 26.1. The monoisotopic (exact) mass is 325 g/mol. The highest BCUT2D eigenvalue weighted by molar-refractivity contribution is 6.06. The fourth-order valence-electron chi connectivity index (χ4n) is 2.97. The van der Waals surface area contributed by atoms with Crippen molar-refractivity contribution in [1.29, 1.82) is 5.26 Å². The number of nitrogens with one attached hydrogen (secondary N) is 1. The molecule has 2 N–H and O–H groups in total. The summed E-state index contributed by atoms with van der Waals surface area (Å²) in [5, 5.41) is 22.0. The number of hydrogen-bond donors (Lipinski definition) is 2. The molecule has 24 heavy (non-hydrogen) atoms. The van der Waals surface area contributed by atoms with Gasteiger partial charge in [0.05, 0.1) is 23.6 Å². The molecule has 1 aromatic carbocycles. The third kappa shape index (κ3) is 2.86. The van der Waals surface area contributed by atoms with Crippen molar-refractivity contribution in [2.24, 2.45) is 0 Å². The predicted octanol–water partition coefficient (Wildman–Crippen LogP) is 0.609. The standard InChI is InChI=1S/C17H16N4O3/c18-10-12-4-3-8-20(12)16(22)11-19-17(23)14-7-9-21(24)15-6-2-1-5-13(14)15/h1-2,5-7,9,12H,3-4,8,11H2,(H-,19,23,24)/p+1/t12-/m0/s1. The molecule has 1 atom stereocenters. The molecule has 0 unspecified atom stereocenters. The summed E-state index contributed by atoms with van der Waals surface area (Å²) in [6.07, 6.45) is 2.86. The maximum Gasteiger partial charge on any atom is 0.265 e. The third-order valence-corrected chi connectivity index (χ3v) is 4.19. The SMILES string of the molecule is N#C[C@@H]1CCCN1C(=O)CNC(=O)c1cc[n+](O)c2ccccc12. The van der Waals surface area contributed by atoms with Gasteiger partial charge >= 0.3 is 0 Å². The molecule has 1 aliphatic rings. The summed E-state index contributed by atoms with van der Waals surface area (Å²) < 4.78 is 0.943. The number of nitrogens with zero attached hydrogens (tertiary/aromatic N) is 3. The van der Waals surface area contributed by atoms with E-state index in [1.54, 1.807) is 24.3 Å². The van der Waals surface area contributed by atoms with Gasteiger partial charge in [-0.05, 0) is 18.9 Å². The normalized spacial score (nSPS) is 16.8. The van der Waals surface area contributed by atoms with Gasteiger partial charge in [0.2, 0.25) is 12.1 Å². The van der Waals surface area contributed by atoms with Crippen LogP contribution in [0.1, 0.15) is 23.2 Å². The molecule has 1 saturated heterocycles. The Morgan fingerprint density at radius 3 is 2.96 bits per heavy atom. The quantitative estimate of drug-likeness (QED) is 0.638. The van der Waals surface area contributed by atoms with Crippen molar-refractivity contribution in [3.63, 3.8) is 0 Å². The van der Waals surface area contributed by atoms with Gasteiger partial charge in [-0.15, -0.1) is 0 Å². The number of para-hydroxylation sites is 1. The minimum Gasteiger partial charge on any atom is -0.343 e. The van der Waals surface area contributed by atoms with Crippen LogP contribution in [0.15, 0.2) is 36.5 Å². The molecule has 1 aliphatic heterocycles. The number of carbonyl (C=O) groups excluding carboxylic acids is 2. The topological polar surface area (TPSA) is 97.3 Å². The lowest BCUT2D eigenvalue weighted by Gasteiger charge is -2.19. The van der Waals surface area contributed by atoms with Gasteiger partial charge in [0, 0.05) is 23.4 Å². The summed E-state index contributed by atoms with van der Waals surface area (Å²) in [7, 11) is 0. The van der Waals surface area contributed by atoms with Crippen molar-refractivity contribution in [3.05, 3.63) is 42.1 Å². The lowest BCUT2D eigenvalue weighted by atomic mass is 10.1. The number of likely N-dealkylation sites (tertiary alicyclic amines) is 1. The Kier molecular flexibility index (Phi) is 4.29. The Morgan fingerprint density at radius 2 is 2.17 bits per heavy atom. The zero-order valence-corrected chi connectivity index (χ0v) is 13.0. The van der Waals surface area contributed by atoms with Crippen LogP contribution in [0.5, 0.6) is 0 Å². The Bertz CT molecular complexity index is 843. The van der Waals surface area contributed by atoms with Gasteiger partial charge in [-0.2, -0.15) is 5.26 Å². The Labute approximate surface area is 138 Å². The van der Waals surface area contributed by atoms with Gasteiger partial charge in [-0.3, -0.25) is 14.8 Å². The number of rotatable bonds is 3. The maximum atomic E-state index is 12.4. The van der Waals surface area contributed by atoms with E-state index in [9.17, 15) is 14.8 Å². The maximum absolute atomic E-state index is 12.4. The van der Waals surface area contributed by atoms with Crippen molar-refractivity contribution < 1.29 is 19.5 Å². The third-order valence-electron chi connectivity index (χ3n) is 4.19. The second-order valence-corrected chi connectivity index (χ2v) is 5.65. The largest absolute Gasteiger partial charge is 0.343 e. The first-order valence-electron chi connectivity index (χ1n) is 7.72. The fourth-order valence-corrected chi connectivity index (χ4v) is 2.97. The lowest BCUT2D eigenvalue weighted by Crippen LogP contribution is -2.42. The number of pyridine rings is 1. The molecule has 2 aromatic rings. The van der Waals surface area contributed by atoms with Gasteiger partial charge in [-0.1, -0.05) is 12.1 Å². The molecule has 7 heteroatoms. The van der Waals surface area contributed by atoms with Gasteiger partial charge in [0.25, 0.3) is 11.4 Å². The molecule has 2 amide bonds. The molecule has 0 saturated carbocycles. The number of carbonyl (C=O) groups is 2. The van der Waals surface area contributed by atoms with E-state index in [0.29, 0.717) is 29.4 Å². The van der Waals surface area contributed by atoms with Crippen LogP contribution in [0.3, 0.4) is 0 Å². The summed E-state index contributed by atoms with van der Waals surface area (Å²) in [6.45, 7) is 0.394. The highest BCUT2D eigenvalue weighted by atomic mass is 16.5. The Morgan fingerprint density at radius 1 is 1.38 bits per heavy atom. The first-order valence-corrected chi connectivity index (χ1v) is 7.72. The van der Waals surface area contributed by atoms with E-state index in [-0.39, 0.29) is 12.5 Å². The number of benzene rings is 1. The summed E-state index contributed by atoms with van der Waals surface area (Å²) in [5.41, 5.74) is 0.877. The molecule has 2 heterocycles. The smallest absolute Gasteiger partial charge is 0.265 e. The zero-order chi connectivity index (χ0) is 17.1. The molecular formula is C17H17N4O3+. The number of nitriles is 1. The molecule has 1 fully saturated rings. The van der Waals surface area contributed by atoms with Crippen LogP contribution in [0.25, 0.3) is 10.9 Å². The van der Waals surface area contributed by atoms with Crippen molar-refractivity contribution in [1.82, 2.24) is 10.2 Å². The van der Waals surface area contributed by atoms with Gasteiger partial charge in [0.15, 0.2) is 0 Å². The average molecular weight is 325 g/mol. The van der Waals surface area contributed by atoms with Crippen LogP contribution in [-0.4, -0.2) is 41.1 Å². The predicted molar refractivity (Wildman–Crippen MR) is 84.0 cm³/mol. The van der Waals surface area contributed by atoms with Crippen LogP contribution < -0.4 is 10.0 Å². The van der Waals surface area contributed by atoms with Crippen LogP contribution in [0.4, 0.5) is 0 Å². The first-order chi connectivity index (χ1) is 11.6. The molecule has 3 rings (SSSR count). The van der Waals surface area contributed by atoms with Crippen molar-refractivity contribution in [3.8, 4) is 6.07 Å². The van der Waals surface area contributed by atoms with E-state index < -0.39 is 11.9 Å². The zero-order valence-electron chi connectivity index (χ0n) is 13.0. The van der Waals surface area contributed by atoms with Crippen molar-refractivity contribution >= 4 is 22.7 Å². The molecule has 122 valence electrons. The van der Waals surface area contributed by atoms with E-state index in [2.05, 4.69) is 11.4 Å². The average Bonchev–Trinajstić information content (AvgIpc) is 3.09.